The smallest absolute Gasteiger partial charge is 0.227 e. The van der Waals surface area contributed by atoms with Crippen molar-refractivity contribution >= 4 is 11.8 Å². The summed E-state index contributed by atoms with van der Waals surface area (Å²) in [6.45, 7) is 9.03. The molecular weight excluding hydrogens is 286 g/mol. The summed E-state index contributed by atoms with van der Waals surface area (Å²) in [7, 11) is 2.16. The van der Waals surface area contributed by atoms with Gasteiger partial charge in [0.05, 0.1) is 0 Å². The summed E-state index contributed by atoms with van der Waals surface area (Å²) in [5.41, 5.74) is 3.59. The lowest BCUT2D eigenvalue weighted by Crippen LogP contribution is -2.45. The summed E-state index contributed by atoms with van der Waals surface area (Å²) in [6, 6.07) is 10.4. The van der Waals surface area contributed by atoms with E-state index in [0.717, 1.165) is 50.2 Å². The van der Waals surface area contributed by atoms with Crippen molar-refractivity contribution in [2.75, 3.05) is 43.4 Å². The molecule has 5 nitrogen and oxygen atoms in total. The highest BCUT2D eigenvalue weighted by Gasteiger charge is 2.17. The van der Waals surface area contributed by atoms with E-state index < -0.39 is 0 Å². The Hall–Kier alpha value is -2.14. The minimum Gasteiger partial charge on any atom is -0.366 e. The number of hydrogen-bond acceptors (Lipinski definition) is 5. The fourth-order valence-corrected chi connectivity index (χ4v) is 2.79. The molecule has 23 heavy (non-hydrogen) atoms. The van der Waals surface area contributed by atoms with Gasteiger partial charge in [-0.2, -0.15) is 4.98 Å². The van der Waals surface area contributed by atoms with Crippen molar-refractivity contribution in [2.24, 2.45) is 0 Å². The van der Waals surface area contributed by atoms with Gasteiger partial charge in [-0.05, 0) is 32.0 Å². The Bertz CT molecular complexity index is 662. The second-order valence-electron chi connectivity index (χ2n) is 6.26. The van der Waals surface area contributed by atoms with Crippen molar-refractivity contribution in [3.05, 3.63) is 47.2 Å². The average Bonchev–Trinajstić information content (AvgIpc) is 2.54. The molecule has 0 spiro atoms. The minimum absolute atomic E-state index is 0.783. The van der Waals surface area contributed by atoms with Gasteiger partial charge in [0.15, 0.2) is 0 Å². The molecule has 0 radical (unpaired) electrons. The average molecular weight is 311 g/mol. The van der Waals surface area contributed by atoms with E-state index in [2.05, 4.69) is 58.3 Å². The van der Waals surface area contributed by atoms with Gasteiger partial charge in [0.1, 0.15) is 5.82 Å². The summed E-state index contributed by atoms with van der Waals surface area (Å²) in [5.74, 6) is 1.74. The molecule has 2 heterocycles. The van der Waals surface area contributed by atoms with Gasteiger partial charge in [-0.25, -0.2) is 4.98 Å². The highest BCUT2D eigenvalue weighted by atomic mass is 15.3. The number of benzene rings is 1. The predicted molar refractivity (Wildman–Crippen MR) is 95.0 cm³/mol. The topological polar surface area (TPSA) is 44.3 Å². The number of nitrogens with zero attached hydrogens (tertiary/aromatic N) is 4. The summed E-state index contributed by atoms with van der Waals surface area (Å²) in [6.07, 6.45) is 0. The number of piperazine rings is 1. The van der Waals surface area contributed by atoms with E-state index >= 15 is 0 Å². The number of nitrogens with one attached hydrogen (secondary N) is 1. The van der Waals surface area contributed by atoms with E-state index in [1.807, 2.05) is 13.0 Å². The summed E-state index contributed by atoms with van der Waals surface area (Å²) >= 11 is 0. The molecule has 5 heteroatoms. The Morgan fingerprint density at radius 1 is 1.04 bits per heavy atom. The number of rotatable bonds is 4. The highest BCUT2D eigenvalue weighted by Crippen LogP contribution is 2.17. The third kappa shape index (κ3) is 3.99. The Morgan fingerprint density at radius 2 is 1.78 bits per heavy atom. The fraction of sp³-hybridized carbons (Fsp3) is 0.444. The molecule has 122 valence electrons. The third-order valence-corrected chi connectivity index (χ3v) is 4.35. The maximum Gasteiger partial charge on any atom is 0.227 e. The first-order chi connectivity index (χ1) is 11.1. The lowest BCUT2D eigenvalue weighted by Gasteiger charge is -2.32. The van der Waals surface area contributed by atoms with Gasteiger partial charge >= 0.3 is 0 Å². The van der Waals surface area contributed by atoms with Gasteiger partial charge in [0.2, 0.25) is 5.95 Å². The van der Waals surface area contributed by atoms with Gasteiger partial charge in [-0.1, -0.05) is 24.3 Å². The maximum atomic E-state index is 4.71. The van der Waals surface area contributed by atoms with Gasteiger partial charge in [0.25, 0.3) is 0 Å². The van der Waals surface area contributed by atoms with Crippen molar-refractivity contribution in [3.8, 4) is 0 Å². The molecule has 1 aromatic heterocycles. The third-order valence-electron chi connectivity index (χ3n) is 4.35. The van der Waals surface area contributed by atoms with E-state index in [9.17, 15) is 0 Å². The van der Waals surface area contributed by atoms with Crippen LogP contribution in [0.4, 0.5) is 11.8 Å². The molecule has 1 aliphatic rings. The Morgan fingerprint density at radius 3 is 2.52 bits per heavy atom. The molecule has 1 saturated heterocycles. The largest absolute Gasteiger partial charge is 0.366 e. The van der Waals surface area contributed by atoms with Gasteiger partial charge in [-0.3, -0.25) is 0 Å². The molecule has 0 aliphatic carbocycles. The lowest BCUT2D eigenvalue weighted by atomic mass is 10.1. The molecular formula is C18H25N5. The molecule has 0 unspecified atom stereocenters. The summed E-state index contributed by atoms with van der Waals surface area (Å²) < 4.78 is 0. The molecule has 1 fully saturated rings. The molecule has 2 aromatic rings. The molecule has 0 saturated carbocycles. The van der Waals surface area contributed by atoms with Crippen LogP contribution in [0.1, 0.15) is 16.8 Å². The van der Waals surface area contributed by atoms with Gasteiger partial charge in [0, 0.05) is 44.5 Å². The van der Waals surface area contributed by atoms with E-state index in [1.165, 1.54) is 11.1 Å². The zero-order chi connectivity index (χ0) is 16.2. The van der Waals surface area contributed by atoms with Crippen LogP contribution in [-0.4, -0.2) is 48.1 Å². The van der Waals surface area contributed by atoms with Crippen molar-refractivity contribution in [2.45, 2.75) is 20.4 Å². The molecule has 1 aliphatic heterocycles. The van der Waals surface area contributed by atoms with Crippen molar-refractivity contribution in [1.29, 1.82) is 0 Å². The molecule has 1 N–H and O–H groups in total. The molecule has 0 amide bonds. The first-order valence-electron chi connectivity index (χ1n) is 8.19. The van der Waals surface area contributed by atoms with E-state index in [4.69, 9.17) is 4.98 Å². The first-order valence-corrected chi connectivity index (χ1v) is 8.19. The van der Waals surface area contributed by atoms with E-state index in [0.29, 0.717) is 0 Å². The Labute approximate surface area is 138 Å². The number of hydrogen-bond donors (Lipinski definition) is 1. The van der Waals surface area contributed by atoms with E-state index in [1.54, 1.807) is 0 Å². The monoisotopic (exact) mass is 311 g/mol. The Balaban J connectivity index is 1.71. The number of aromatic nitrogens is 2. The minimum atomic E-state index is 0.783. The van der Waals surface area contributed by atoms with Crippen molar-refractivity contribution < 1.29 is 0 Å². The number of anilines is 2. The van der Waals surface area contributed by atoms with Crippen LogP contribution in [0.5, 0.6) is 0 Å². The van der Waals surface area contributed by atoms with Crippen LogP contribution in [0, 0.1) is 13.8 Å². The van der Waals surface area contributed by atoms with Crippen LogP contribution < -0.4 is 10.2 Å². The van der Waals surface area contributed by atoms with Gasteiger partial charge in [-0.15, -0.1) is 0 Å². The zero-order valence-corrected chi connectivity index (χ0v) is 14.2. The van der Waals surface area contributed by atoms with Gasteiger partial charge < -0.3 is 15.1 Å². The lowest BCUT2D eigenvalue weighted by molar-refractivity contribution is 0.311. The van der Waals surface area contributed by atoms with Crippen molar-refractivity contribution in [3.63, 3.8) is 0 Å². The van der Waals surface area contributed by atoms with Crippen LogP contribution in [0.3, 0.4) is 0 Å². The van der Waals surface area contributed by atoms with Crippen LogP contribution in [-0.2, 0) is 6.54 Å². The predicted octanol–water partition coefficient (Wildman–Crippen LogP) is 2.46. The SMILES string of the molecule is Cc1cc(NCc2ccccc2C)nc(N2CCN(C)CC2)n1. The molecule has 0 atom stereocenters. The number of likely N-dealkylation sites (N-methyl/N-ethyl adjacent to an activating group) is 1. The van der Waals surface area contributed by atoms with Crippen LogP contribution >= 0.6 is 0 Å². The zero-order valence-electron chi connectivity index (χ0n) is 14.2. The Kier molecular flexibility index (Phi) is 4.76. The summed E-state index contributed by atoms with van der Waals surface area (Å²) in [4.78, 5) is 13.9. The molecule has 0 bridgehead atoms. The van der Waals surface area contributed by atoms with Crippen LogP contribution in [0.25, 0.3) is 0 Å². The highest BCUT2D eigenvalue weighted by molar-refractivity contribution is 5.45. The maximum absolute atomic E-state index is 4.71. The fourth-order valence-electron chi connectivity index (χ4n) is 2.79. The van der Waals surface area contributed by atoms with E-state index in [-0.39, 0.29) is 0 Å². The van der Waals surface area contributed by atoms with Crippen molar-refractivity contribution in [1.82, 2.24) is 14.9 Å². The standard InChI is InChI=1S/C18H25N5/c1-14-6-4-5-7-16(14)13-19-17-12-15(2)20-18(21-17)23-10-8-22(3)9-11-23/h4-7,12H,8-11,13H2,1-3H3,(H,19,20,21). The number of aryl methyl sites for hydroxylation is 2. The normalized spacial score (nSPS) is 15.7. The molecule has 1 aromatic carbocycles. The summed E-state index contributed by atoms with van der Waals surface area (Å²) in [5, 5.41) is 3.44. The van der Waals surface area contributed by atoms with Crippen LogP contribution in [0.2, 0.25) is 0 Å². The second kappa shape index (κ2) is 6.96. The second-order valence-corrected chi connectivity index (χ2v) is 6.26. The first kappa shape index (κ1) is 15.7. The van der Waals surface area contributed by atoms with Crippen LogP contribution in [0.15, 0.2) is 30.3 Å². The quantitative estimate of drug-likeness (QED) is 0.939. The molecule has 3 rings (SSSR count).